The van der Waals surface area contributed by atoms with Crippen LogP contribution in [-0.2, 0) is 4.79 Å². The number of carbonyl (C=O) groups is 1. The Morgan fingerprint density at radius 3 is 3.19 bits per heavy atom. The molecule has 4 nitrogen and oxygen atoms in total. The highest BCUT2D eigenvalue weighted by Crippen LogP contribution is 2.38. The third-order valence-electron chi connectivity index (χ3n) is 2.80. The van der Waals surface area contributed by atoms with E-state index in [0.29, 0.717) is 17.1 Å². The van der Waals surface area contributed by atoms with Crippen LogP contribution in [0.1, 0.15) is 6.42 Å². The van der Waals surface area contributed by atoms with Crippen LogP contribution in [0.25, 0.3) is 0 Å². The van der Waals surface area contributed by atoms with Gasteiger partial charge in [-0.25, -0.2) is 4.99 Å². The van der Waals surface area contributed by atoms with E-state index in [1.54, 1.807) is 24.3 Å². The van der Waals surface area contributed by atoms with Gasteiger partial charge in [-0.05, 0) is 24.6 Å². The molecular formula is C12H10N2O2. The number of carbonyl (C=O) groups excluding carboxylic acids is 1. The van der Waals surface area contributed by atoms with Gasteiger partial charge in [0.15, 0.2) is 0 Å². The number of allylic oxidation sites excluding steroid dienone is 1. The van der Waals surface area contributed by atoms with E-state index < -0.39 is 0 Å². The van der Waals surface area contributed by atoms with E-state index in [2.05, 4.69) is 10.3 Å². The van der Waals surface area contributed by atoms with Gasteiger partial charge in [0.2, 0.25) is 5.78 Å². The highest BCUT2D eigenvalue weighted by molar-refractivity contribution is 6.47. The van der Waals surface area contributed by atoms with Crippen LogP contribution in [0.2, 0.25) is 0 Å². The van der Waals surface area contributed by atoms with Gasteiger partial charge in [-0.1, -0.05) is 12.1 Å². The van der Waals surface area contributed by atoms with Crippen molar-refractivity contribution in [2.24, 2.45) is 4.99 Å². The first-order valence-electron chi connectivity index (χ1n) is 5.13. The van der Waals surface area contributed by atoms with E-state index in [-0.39, 0.29) is 17.6 Å². The molecule has 2 aliphatic rings. The third kappa shape index (κ3) is 1.23. The Morgan fingerprint density at radius 2 is 2.31 bits per heavy atom. The molecule has 0 saturated carbocycles. The standard InChI is InChI=1S/C12H10N2O2/c15-9-5-1-3-7-11(9)14-8-4-2-6-10(16)12(8)13-7/h1-3,5-6,8,14-15H,4H2. The Bertz CT molecular complexity index is 532. The number of anilines is 1. The molecule has 3 rings (SSSR count). The van der Waals surface area contributed by atoms with Gasteiger partial charge in [0.05, 0.1) is 11.7 Å². The van der Waals surface area contributed by atoms with Crippen molar-refractivity contribution in [2.75, 3.05) is 5.32 Å². The number of para-hydroxylation sites is 1. The van der Waals surface area contributed by atoms with E-state index in [4.69, 9.17) is 0 Å². The summed E-state index contributed by atoms with van der Waals surface area (Å²) in [6, 6.07) is 4.98. The van der Waals surface area contributed by atoms with Crippen molar-refractivity contribution >= 4 is 22.9 Å². The lowest BCUT2D eigenvalue weighted by Gasteiger charge is -2.27. The molecular weight excluding hydrogens is 204 g/mol. The first-order chi connectivity index (χ1) is 7.75. The minimum absolute atomic E-state index is 0.0576. The van der Waals surface area contributed by atoms with Crippen LogP contribution in [0, 0.1) is 0 Å². The number of aromatic hydroxyl groups is 1. The Balaban J connectivity index is 2.15. The fourth-order valence-corrected chi connectivity index (χ4v) is 2.01. The van der Waals surface area contributed by atoms with Crippen molar-refractivity contribution in [3.05, 3.63) is 30.4 Å². The topological polar surface area (TPSA) is 61.7 Å². The molecule has 0 saturated heterocycles. The molecule has 1 unspecified atom stereocenters. The van der Waals surface area contributed by atoms with Crippen LogP contribution >= 0.6 is 0 Å². The van der Waals surface area contributed by atoms with Crippen LogP contribution in [0.5, 0.6) is 5.75 Å². The number of hydrogen-bond acceptors (Lipinski definition) is 4. The van der Waals surface area contributed by atoms with Gasteiger partial charge in [-0.15, -0.1) is 0 Å². The summed E-state index contributed by atoms with van der Waals surface area (Å²) in [5.74, 6) is 0.111. The second kappa shape index (κ2) is 3.20. The van der Waals surface area contributed by atoms with Gasteiger partial charge >= 0.3 is 0 Å². The molecule has 80 valence electrons. The van der Waals surface area contributed by atoms with Crippen molar-refractivity contribution in [2.45, 2.75) is 12.5 Å². The molecule has 2 N–H and O–H groups in total. The minimum Gasteiger partial charge on any atom is -0.506 e. The fraction of sp³-hybridized carbons (Fsp3) is 0.167. The van der Waals surface area contributed by atoms with E-state index in [9.17, 15) is 9.90 Å². The monoisotopic (exact) mass is 214 g/mol. The molecule has 0 aromatic heterocycles. The van der Waals surface area contributed by atoms with Gasteiger partial charge in [-0.3, -0.25) is 4.79 Å². The number of benzene rings is 1. The number of nitrogens with zero attached hydrogens (tertiary/aromatic N) is 1. The molecule has 0 amide bonds. The highest BCUT2D eigenvalue weighted by atomic mass is 16.3. The average molecular weight is 214 g/mol. The zero-order valence-corrected chi connectivity index (χ0v) is 8.47. The van der Waals surface area contributed by atoms with Crippen LogP contribution in [0.15, 0.2) is 35.3 Å². The SMILES string of the molecule is O=C1C=CCC2Nc3c(O)cccc3N=C12. The predicted octanol–water partition coefficient (Wildman–Crippen LogP) is 1.79. The predicted molar refractivity (Wildman–Crippen MR) is 61.4 cm³/mol. The fourth-order valence-electron chi connectivity index (χ4n) is 2.01. The third-order valence-corrected chi connectivity index (χ3v) is 2.80. The van der Waals surface area contributed by atoms with E-state index in [1.165, 1.54) is 0 Å². The first-order valence-corrected chi connectivity index (χ1v) is 5.13. The quantitative estimate of drug-likeness (QED) is 0.647. The first kappa shape index (κ1) is 9.15. The molecule has 16 heavy (non-hydrogen) atoms. The largest absolute Gasteiger partial charge is 0.506 e. The molecule has 1 aromatic rings. The maximum atomic E-state index is 11.6. The molecule has 1 aliphatic carbocycles. The van der Waals surface area contributed by atoms with Crippen molar-refractivity contribution in [1.29, 1.82) is 0 Å². The number of phenols is 1. The molecule has 1 aliphatic heterocycles. The summed E-state index contributed by atoms with van der Waals surface area (Å²) in [4.78, 5) is 15.9. The van der Waals surface area contributed by atoms with Crippen molar-refractivity contribution in [3.63, 3.8) is 0 Å². The minimum atomic E-state index is -0.113. The molecule has 4 heteroatoms. The van der Waals surface area contributed by atoms with Crippen LogP contribution in [-0.4, -0.2) is 22.6 Å². The summed E-state index contributed by atoms with van der Waals surface area (Å²) in [7, 11) is 0. The van der Waals surface area contributed by atoms with Crippen LogP contribution in [0.3, 0.4) is 0 Å². The maximum Gasteiger partial charge on any atom is 0.201 e. The van der Waals surface area contributed by atoms with Crippen molar-refractivity contribution < 1.29 is 9.90 Å². The molecule has 0 spiro atoms. The summed E-state index contributed by atoms with van der Waals surface area (Å²) in [5, 5.41) is 12.8. The summed E-state index contributed by atoms with van der Waals surface area (Å²) in [5.41, 5.74) is 1.76. The molecule has 1 heterocycles. The Kier molecular flexibility index (Phi) is 1.83. The summed E-state index contributed by atoms with van der Waals surface area (Å²) < 4.78 is 0. The zero-order valence-electron chi connectivity index (χ0n) is 8.47. The van der Waals surface area contributed by atoms with Gasteiger partial charge < -0.3 is 10.4 Å². The lowest BCUT2D eigenvalue weighted by Crippen LogP contribution is -2.38. The molecule has 1 aromatic carbocycles. The second-order valence-electron chi connectivity index (χ2n) is 3.87. The highest BCUT2D eigenvalue weighted by Gasteiger charge is 2.29. The average Bonchev–Trinajstić information content (AvgIpc) is 2.29. The number of hydrogen-bond donors (Lipinski definition) is 2. The van der Waals surface area contributed by atoms with Gasteiger partial charge in [0.1, 0.15) is 17.1 Å². The van der Waals surface area contributed by atoms with Crippen LogP contribution in [0.4, 0.5) is 11.4 Å². The van der Waals surface area contributed by atoms with Crippen molar-refractivity contribution in [1.82, 2.24) is 0 Å². The number of aliphatic imine (C=N–C) groups is 1. The molecule has 1 atom stereocenters. The molecule has 0 radical (unpaired) electrons. The van der Waals surface area contributed by atoms with Crippen LogP contribution < -0.4 is 5.32 Å². The summed E-state index contributed by atoms with van der Waals surface area (Å²) in [6.07, 6.45) is 4.09. The number of nitrogens with one attached hydrogen (secondary N) is 1. The Morgan fingerprint density at radius 1 is 1.44 bits per heavy atom. The second-order valence-corrected chi connectivity index (χ2v) is 3.87. The number of rotatable bonds is 0. The lowest BCUT2D eigenvalue weighted by molar-refractivity contribution is -0.109. The zero-order chi connectivity index (χ0) is 11.1. The van der Waals surface area contributed by atoms with Gasteiger partial charge in [0.25, 0.3) is 0 Å². The number of phenolic OH excluding ortho intramolecular Hbond substituents is 1. The normalized spacial score (nSPS) is 21.9. The molecule has 0 bridgehead atoms. The van der Waals surface area contributed by atoms with E-state index in [0.717, 1.165) is 6.42 Å². The Hall–Kier alpha value is -2.10. The summed E-state index contributed by atoms with van der Waals surface area (Å²) >= 11 is 0. The summed E-state index contributed by atoms with van der Waals surface area (Å²) in [6.45, 7) is 0. The lowest BCUT2D eigenvalue weighted by atomic mass is 9.96. The Labute approximate surface area is 92.3 Å². The van der Waals surface area contributed by atoms with Crippen molar-refractivity contribution in [3.8, 4) is 5.75 Å². The van der Waals surface area contributed by atoms with E-state index in [1.807, 2.05) is 6.08 Å². The maximum absolute atomic E-state index is 11.6. The van der Waals surface area contributed by atoms with Gasteiger partial charge in [-0.2, -0.15) is 0 Å². The number of fused-ring (bicyclic) bond motifs is 2. The smallest absolute Gasteiger partial charge is 0.201 e. The van der Waals surface area contributed by atoms with E-state index >= 15 is 0 Å². The van der Waals surface area contributed by atoms with Gasteiger partial charge in [0, 0.05) is 0 Å². The molecule has 0 fully saturated rings. The number of ketones is 1.